The zero-order valence-electron chi connectivity index (χ0n) is 10.2. The molecule has 0 atom stereocenters. The molecule has 0 spiro atoms. The van der Waals surface area contributed by atoms with Gasteiger partial charge in [-0.3, -0.25) is 4.79 Å². The van der Waals surface area contributed by atoms with E-state index >= 15 is 0 Å². The predicted octanol–water partition coefficient (Wildman–Crippen LogP) is 1.40. The van der Waals surface area contributed by atoms with Gasteiger partial charge in [0.1, 0.15) is 5.41 Å². The molecule has 90 valence electrons. The molecule has 0 unspecified atom stereocenters. The second kappa shape index (κ2) is 4.79. The SMILES string of the molecule is COC(=O)C(C)(C)C#Cc1cc(N)ccc1N. The van der Waals surface area contributed by atoms with Crippen LogP contribution in [0.3, 0.4) is 0 Å². The molecule has 0 aliphatic rings. The van der Waals surface area contributed by atoms with Crippen LogP contribution in [-0.4, -0.2) is 13.1 Å². The highest BCUT2D eigenvalue weighted by molar-refractivity contribution is 5.80. The average Bonchev–Trinajstić information content (AvgIpc) is 2.29. The van der Waals surface area contributed by atoms with E-state index in [1.807, 2.05) is 0 Å². The maximum Gasteiger partial charge on any atom is 0.323 e. The summed E-state index contributed by atoms with van der Waals surface area (Å²) in [6, 6.07) is 5.06. The average molecular weight is 232 g/mol. The van der Waals surface area contributed by atoms with E-state index in [0.717, 1.165) is 0 Å². The summed E-state index contributed by atoms with van der Waals surface area (Å²) in [7, 11) is 1.33. The van der Waals surface area contributed by atoms with E-state index in [0.29, 0.717) is 16.9 Å². The lowest BCUT2D eigenvalue weighted by atomic mass is 9.94. The Morgan fingerprint density at radius 2 is 2.00 bits per heavy atom. The monoisotopic (exact) mass is 232 g/mol. The van der Waals surface area contributed by atoms with Crippen LogP contribution in [0.2, 0.25) is 0 Å². The number of benzene rings is 1. The Bertz CT molecular complexity index is 496. The second-order valence-corrected chi connectivity index (χ2v) is 4.21. The van der Waals surface area contributed by atoms with Crippen molar-refractivity contribution in [3.05, 3.63) is 23.8 Å². The summed E-state index contributed by atoms with van der Waals surface area (Å²) in [5.74, 6) is 5.31. The largest absolute Gasteiger partial charge is 0.468 e. The number of nitrogen functional groups attached to an aromatic ring is 2. The molecule has 4 nitrogen and oxygen atoms in total. The highest BCUT2D eigenvalue weighted by Crippen LogP contribution is 2.18. The van der Waals surface area contributed by atoms with Gasteiger partial charge in [-0.05, 0) is 32.0 Å². The van der Waals surface area contributed by atoms with Gasteiger partial charge in [0.05, 0.1) is 7.11 Å². The van der Waals surface area contributed by atoms with Crippen LogP contribution in [0.5, 0.6) is 0 Å². The van der Waals surface area contributed by atoms with E-state index in [1.165, 1.54) is 7.11 Å². The van der Waals surface area contributed by atoms with E-state index in [-0.39, 0.29) is 5.97 Å². The number of anilines is 2. The number of hydrogen-bond acceptors (Lipinski definition) is 4. The molecule has 1 rings (SSSR count). The fourth-order valence-electron chi connectivity index (χ4n) is 1.21. The highest BCUT2D eigenvalue weighted by atomic mass is 16.5. The summed E-state index contributed by atoms with van der Waals surface area (Å²) in [5.41, 5.74) is 12.3. The van der Waals surface area contributed by atoms with Crippen LogP contribution in [0.25, 0.3) is 0 Å². The van der Waals surface area contributed by atoms with Crippen molar-refractivity contribution in [1.29, 1.82) is 0 Å². The minimum Gasteiger partial charge on any atom is -0.468 e. The molecule has 0 saturated carbocycles. The molecule has 1 aromatic carbocycles. The smallest absolute Gasteiger partial charge is 0.323 e. The zero-order chi connectivity index (χ0) is 13.1. The van der Waals surface area contributed by atoms with Gasteiger partial charge in [-0.25, -0.2) is 0 Å². The molecular formula is C13H16N2O2. The van der Waals surface area contributed by atoms with Crippen LogP contribution in [0.4, 0.5) is 11.4 Å². The fraction of sp³-hybridized carbons (Fsp3) is 0.308. The van der Waals surface area contributed by atoms with Crippen molar-refractivity contribution in [1.82, 2.24) is 0 Å². The Morgan fingerprint density at radius 1 is 1.35 bits per heavy atom. The Kier molecular flexibility index (Phi) is 3.64. The van der Waals surface area contributed by atoms with Gasteiger partial charge in [-0.15, -0.1) is 0 Å². The van der Waals surface area contributed by atoms with Crippen LogP contribution in [0, 0.1) is 17.3 Å². The molecule has 0 aromatic heterocycles. The van der Waals surface area contributed by atoms with Gasteiger partial charge in [-0.1, -0.05) is 11.8 Å². The Balaban J connectivity index is 3.07. The maximum absolute atomic E-state index is 11.4. The fourth-order valence-corrected chi connectivity index (χ4v) is 1.21. The molecule has 0 aliphatic heterocycles. The summed E-state index contributed by atoms with van der Waals surface area (Å²) < 4.78 is 4.66. The van der Waals surface area contributed by atoms with Crippen molar-refractivity contribution in [2.75, 3.05) is 18.6 Å². The third-order valence-corrected chi connectivity index (χ3v) is 2.28. The third-order valence-electron chi connectivity index (χ3n) is 2.28. The number of esters is 1. The van der Waals surface area contributed by atoms with Crippen molar-refractivity contribution in [2.45, 2.75) is 13.8 Å². The molecule has 0 bridgehead atoms. The summed E-state index contributed by atoms with van der Waals surface area (Å²) in [5, 5.41) is 0. The first-order chi connectivity index (χ1) is 7.86. The molecule has 4 N–H and O–H groups in total. The number of carbonyl (C=O) groups excluding carboxylic acids is 1. The summed E-state index contributed by atoms with van der Waals surface area (Å²) in [4.78, 5) is 11.4. The van der Waals surface area contributed by atoms with Crippen LogP contribution in [0.1, 0.15) is 19.4 Å². The minimum atomic E-state index is -0.869. The number of nitrogens with two attached hydrogens (primary N) is 2. The van der Waals surface area contributed by atoms with Gasteiger partial charge in [0, 0.05) is 16.9 Å². The van der Waals surface area contributed by atoms with Gasteiger partial charge in [0.25, 0.3) is 0 Å². The van der Waals surface area contributed by atoms with E-state index in [2.05, 4.69) is 16.6 Å². The van der Waals surface area contributed by atoms with Gasteiger partial charge in [0.2, 0.25) is 0 Å². The lowest BCUT2D eigenvalue weighted by Gasteiger charge is -2.13. The molecule has 0 heterocycles. The van der Waals surface area contributed by atoms with E-state index in [9.17, 15) is 4.79 Å². The summed E-state index contributed by atoms with van der Waals surface area (Å²) >= 11 is 0. The van der Waals surface area contributed by atoms with Crippen LogP contribution in [-0.2, 0) is 9.53 Å². The van der Waals surface area contributed by atoms with Crippen LogP contribution in [0.15, 0.2) is 18.2 Å². The second-order valence-electron chi connectivity index (χ2n) is 4.21. The highest BCUT2D eigenvalue weighted by Gasteiger charge is 2.25. The summed E-state index contributed by atoms with van der Waals surface area (Å²) in [6.07, 6.45) is 0. The summed E-state index contributed by atoms with van der Waals surface area (Å²) in [6.45, 7) is 3.38. The first-order valence-corrected chi connectivity index (χ1v) is 5.13. The van der Waals surface area contributed by atoms with Gasteiger partial charge < -0.3 is 16.2 Å². The molecule has 0 fully saturated rings. The number of methoxy groups -OCH3 is 1. The number of rotatable bonds is 1. The molecule has 0 amide bonds. The maximum atomic E-state index is 11.4. The van der Waals surface area contributed by atoms with Crippen molar-refractivity contribution < 1.29 is 9.53 Å². The molecule has 4 heteroatoms. The first kappa shape index (κ1) is 12.9. The van der Waals surface area contributed by atoms with E-state index < -0.39 is 5.41 Å². The predicted molar refractivity (Wildman–Crippen MR) is 67.9 cm³/mol. The van der Waals surface area contributed by atoms with Gasteiger partial charge >= 0.3 is 5.97 Å². The molecule has 17 heavy (non-hydrogen) atoms. The Labute approximate surface area is 101 Å². The standard InChI is InChI=1S/C13H16N2O2/c1-13(2,12(16)17-3)7-6-9-8-10(14)4-5-11(9)15/h4-5,8H,14-15H2,1-3H3. The normalized spacial score (nSPS) is 10.3. The topological polar surface area (TPSA) is 78.3 Å². The molecule has 0 saturated heterocycles. The lowest BCUT2D eigenvalue weighted by molar-refractivity contribution is -0.147. The van der Waals surface area contributed by atoms with Crippen LogP contribution < -0.4 is 11.5 Å². The quantitative estimate of drug-likeness (QED) is 0.436. The Hall–Kier alpha value is -2.15. The van der Waals surface area contributed by atoms with Crippen LogP contribution >= 0.6 is 0 Å². The van der Waals surface area contributed by atoms with E-state index in [1.54, 1.807) is 32.0 Å². The van der Waals surface area contributed by atoms with E-state index in [4.69, 9.17) is 11.5 Å². The van der Waals surface area contributed by atoms with Gasteiger partial charge in [-0.2, -0.15) is 0 Å². The molecule has 1 aromatic rings. The zero-order valence-corrected chi connectivity index (χ0v) is 10.2. The number of ether oxygens (including phenoxy) is 1. The van der Waals surface area contributed by atoms with Crippen molar-refractivity contribution in [3.8, 4) is 11.8 Å². The van der Waals surface area contributed by atoms with Crippen molar-refractivity contribution >= 4 is 17.3 Å². The van der Waals surface area contributed by atoms with Gasteiger partial charge in [0.15, 0.2) is 0 Å². The molecular weight excluding hydrogens is 216 g/mol. The minimum absolute atomic E-state index is 0.382. The molecule has 0 radical (unpaired) electrons. The molecule has 0 aliphatic carbocycles. The number of carbonyl (C=O) groups is 1. The lowest BCUT2D eigenvalue weighted by Crippen LogP contribution is -2.23. The van der Waals surface area contributed by atoms with Crippen molar-refractivity contribution in [3.63, 3.8) is 0 Å². The number of hydrogen-bond donors (Lipinski definition) is 2. The van der Waals surface area contributed by atoms with Crippen molar-refractivity contribution in [2.24, 2.45) is 5.41 Å². The Morgan fingerprint density at radius 3 is 2.59 bits per heavy atom. The first-order valence-electron chi connectivity index (χ1n) is 5.13. The third kappa shape index (κ3) is 3.15.